The third-order valence-electron chi connectivity index (χ3n) is 7.48. The predicted octanol–water partition coefficient (Wildman–Crippen LogP) is -2.82. The van der Waals surface area contributed by atoms with Crippen molar-refractivity contribution in [3.63, 3.8) is 0 Å². The highest BCUT2D eigenvalue weighted by molar-refractivity contribution is 6.30. The number of aryl methyl sites for hydroxylation is 1. The third kappa shape index (κ3) is 5.13. The van der Waals surface area contributed by atoms with E-state index in [-0.39, 0.29) is 28.0 Å². The molecule has 0 aromatic heterocycles. The van der Waals surface area contributed by atoms with E-state index in [1.54, 1.807) is 6.92 Å². The van der Waals surface area contributed by atoms with Crippen molar-refractivity contribution in [2.24, 2.45) is 0 Å². The van der Waals surface area contributed by atoms with Crippen LogP contribution in [0.4, 0.5) is 0 Å². The lowest BCUT2D eigenvalue weighted by atomic mass is 9.82. The quantitative estimate of drug-likeness (QED) is 0.140. The lowest BCUT2D eigenvalue weighted by Gasteiger charge is -2.42. The maximum Gasteiger partial charge on any atom is 0.229 e. The molecule has 5 rings (SSSR count). The summed E-state index contributed by atoms with van der Waals surface area (Å²) in [6.45, 7) is 0.273. The molecule has 1 aliphatic carbocycles. The minimum absolute atomic E-state index is 0.110. The van der Waals surface area contributed by atoms with Crippen LogP contribution in [0.1, 0.15) is 37.4 Å². The fourth-order valence-corrected chi connectivity index (χ4v) is 5.23. The van der Waals surface area contributed by atoms with Crippen LogP contribution < -0.4 is 4.74 Å². The summed E-state index contributed by atoms with van der Waals surface area (Å²) in [5, 5.41) is 91.2. The minimum atomic E-state index is -1.87. The van der Waals surface area contributed by atoms with Crippen LogP contribution in [0, 0.1) is 6.92 Å². The van der Waals surface area contributed by atoms with Crippen LogP contribution in [0.15, 0.2) is 24.3 Å². The number of ketones is 2. The van der Waals surface area contributed by atoms with Crippen LogP contribution in [0.5, 0.6) is 17.2 Å². The van der Waals surface area contributed by atoms with E-state index in [1.165, 1.54) is 12.1 Å². The van der Waals surface area contributed by atoms with Gasteiger partial charge in [-0.1, -0.05) is 0 Å². The van der Waals surface area contributed by atoms with Gasteiger partial charge in [0.2, 0.25) is 12.1 Å². The molecule has 9 N–H and O–H groups in total. The van der Waals surface area contributed by atoms with Gasteiger partial charge < -0.3 is 64.9 Å². The van der Waals surface area contributed by atoms with Crippen molar-refractivity contribution in [1.29, 1.82) is 0 Å². The average Bonchev–Trinajstić information content (AvgIpc) is 2.94. The first kappa shape index (κ1) is 30.2. The lowest BCUT2D eigenvalue weighted by molar-refractivity contribution is -0.323. The molecule has 2 saturated heterocycles. The fraction of sp³-hybridized carbons (Fsp3) is 0.481. The van der Waals surface area contributed by atoms with Crippen LogP contribution in [-0.2, 0) is 14.2 Å². The Balaban J connectivity index is 1.39. The first-order chi connectivity index (χ1) is 19.8. The SMILES string of the molecule is Cc1cc(O[C@H]2O[C@@H](CO[C@H]3O[C@@H](CO)[C@H](O)[C@@H](O)[C@@H]3O)[C@H](O)[C@@H](O)[C@@H]2O)c2c(c1)C(=O)c1cc(O)cc(O)c1C2=O. The molecule has 42 heavy (non-hydrogen) atoms. The number of phenolic OH excluding ortho intramolecular Hbond substituents is 2. The number of aliphatic hydroxyl groups excluding tert-OH is 7. The molecule has 228 valence electrons. The standard InChI is InChI=1S/C27H30O15/c1-8-2-10-17(21(34)16-11(18(10)31)4-9(29)5-12(16)30)13(3-8)40-27-25(38)23(36)20(33)15(42-27)7-39-26-24(37)22(35)19(32)14(6-28)41-26/h2-5,14-15,19-20,22-30,32-33,35-38H,6-7H2,1H3/t14-,15-,19-,20-,22+,23+,24-,25-,26-,27-/m0/s1. The second kappa shape index (κ2) is 11.5. The topological polar surface area (TPSA) is 253 Å². The van der Waals surface area contributed by atoms with Gasteiger partial charge in [-0.2, -0.15) is 0 Å². The van der Waals surface area contributed by atoms with Crippen molar-refractivity contribution in [3.8, 4) is 17.2 Å². The number of aromatic hydroxyl groups is 2. The maximum absolute atomic E-state index is 13.5. The summed E-state index contributed by atoms with van der Waals surface area (Å²) >= 11 is 0. The average molecular weight is 595 g/mol. The zero-order valence-corrected chi connectivity index (χ0v) is 22.0. The molecule has 2 heterocycles. The van der Waals surface area contributed by atoms with Gasteiger partial charge >= 0.3 is 0 Å². The Morgan fingerprint density at radius 1 is 0.714 bits per heavy atom. The Labute approximate surface area is 237 Å². The van der Waals surface area contributed by atoms with Gasteiger partial charge in [-0.3, -0.25) is 9.59 Å². The molecule has 0 unspecified atom stereocenters. The summed E-state index contributed by atoms with van der Waals surface area (Å²) in [6, 6.07) is 4.71. The van der Waals surface area contributed by atoms with Gasteiger partial charge in [-0.15, -0.1) is 0 Å². The number of carbonyl (C=O) groups is 2. The van der Waals surface area contributed by atoms with E-state index < -0.39 is 97.7 Å². The number of rotatable bonds is 6. The molecule has 3 aliphatic rings. The number of carbonyl (C=O) groups excluding carboxylic acids is 2. The molecule has 15 heteroatoms. The number of phenols is 2. The molecule has 15 nitrogen and oxygen atoms in total. The van der Waals surface area contributed by atoms with Gasteiger partial charge in [0.25, 0.3) is 0 Å². The molecule has 0 spiro atoms. The van der Waals surface area contributed by atoms with Crippen LogP contribution in [0.3, 0.4) is 0 Å². The summed E-state index contributed by atoms with van der Waals surface area (Å²) in [6.07, 6.45) is -16.6. The highest BCUT2D eigenvalue weighted by Crippen LogP contribution is 2.40. The Bertz CT molecular complexity index is 1380. The monoisotopic (exact) mass is 594 g/mol. The normalized spacial score (nSPS) is 34.6. The molecular weight excluding hydrogens is 564 g/mol. The van der Waals surface area contributed by atoms with E-state index >= 15 is 0 Å². The highest BCUT2D eigenvalue weighted by atomic mass is 16.7. The third-order valence-corrected chi connectivity index (χ3v) is 7.48. The van der Waals surface area contributed by atoms with Crippen molar-refractivity contribution in [1.82, 2.24) is 0 Å². The largest absolute Gasteiger partial charge is 0.508 e. The molecule has 2 aliphatic heterocycles. The van der Waals surface area contributed by atoms with Crippen molar-refractivity contribution in [2.75, 3.05) is 13.2 Å². The van der Waals surface area contributed by atoms with E-state index in [4.69, 9.17) is 18.9 Å². The molecular formula is C27H30O15. The van der Waals surface area contributed by atoms with Crippen LogP contribution in [0.2, 0.25) is 0 Å². The molecule has 0 amide bonds. The highest BCUT2D eigenvalue weighted by Gasteiger charge is 2.48. The number of hydrogen-bond donors (Lipinski definition) is 9. The van der Waals surface area contributed by atoms with Crippen LogP contribution in [0.25, 0.3) is 0 Å². The number of aliphatic hydroxyl groups is 7. The first-order valence-electron chi connectivity index (χ1n) is 12.9. The minimum Gasteiger partial charge on any atom is -0.508 e. The van der Waals surface area contributed by atoms with Crippen molar-refractivity contribution in [3.05, 3.63) is 52.1 Å². The number of ether oxygens (including phenoxy) is 4. The van der Waals surface area contributed by atoms with E-state index in [0.29, 0.717) is 5.56 Å². The Hall–Kier alpha value is -3.22. The number of fused-ring (bicyclic) bond motifs is 2. The number of benzene rings is 2. The summed E-state index contributed by atoms with van der Waals surface area (Å²) in [5.74, 6) is -2.82. The molecule has 2 fully saturated rings. The second-order valence-corrected chi connectivity index (χ2v) is 10.4. The van der Waals surface area contributed by atoms with Gasteiger partial charge in [-0.25, -0.2) is 0 Å². The molecule has 2 aromatic rings. The smallest absolute Gasteiger partial charge is 0.229 e. The Morgan fingerprint density at radius 2 is 1.31 bits per heavy atom. The Morgan fingerprint density at radius 3 is 1.98 bits per heavy atom. The molecule has 2 aromatic carbocycles. The maximum atomic E-state index is 13.5. The molecule has 0 saturated carbocycles. The van der Waals surface area contributed by atoms with Crippen LogP contribution in [-0.4, -0.2) is 132 Å². The molecule has 0 radical (unpaired) electrons. The summed E-state index contributed by atoms with van der Waals surface area (Å²) in [5.41, 5.74) is -0.526. The van der Waals surface area contributed by atoms with E-state index in [1.807, 2.05) is 0 Å². The fourth-order valence-electron chi connectivity index (χ4n) is 5.23. The summed E-state index contributed by atoms with van der Waals surface area (Å²) in [4.78, 5) is 26.7. The van der Waals surface area contributed by atoms with E-state index in [2.05, 4.69) is 0 Å². The summed E-state index contributed by atoms with van der Waals surface area (Å²) in [7, 11) is 0. The van der Waals surface area contributed by atoms with Gasteiger partial charge in [-0.05, 0) is 30.7 Å². The number of hydrogen-bond acceptors (Lipinski definition) is 15. The van der Waals surface area contributed by atoms with Crippen LogP contribution >= 0.6 is 0 Å². The Kier molecular flexibility index (Phi) is 8.25. The first-order valence-corrected chi connectivity index (χ1v) is 12.9. The summed E-state index contributed by atoms with van der Waals surface area (Å²) < 4.78 is 22.1. The molecule has 0 bridgehead atoms. The van der Waals surface area contributed by atoms with Crippen molar-refractivity contribution in [2.45, 2.75) is 68.3 Å². The van der Waals surface area contributed by atoms with E-state index in [0.717, 1.165) is 12.1 Å². The zero-order valence-electron chi connectivity index (χ0n) is 22.0. The van der Waals surface area contributed by atoms with E-state index in [9.17, 15) is 55.5 Å². The zero-order chi connectivity index (χ0) is 30.6. The molecule has 10 atom stereocenters. The van der Waals surface area contributed by atoms with Gasteiger partial charge in [0, 0.05) is 17.2 Å². The van der Waals surface area contributed by atoms with Crippen molar-refractivity contribution >= 4 is 11.6 Å². The van der Waals surface area contributed by atoms with Gasteiger partial charge in [0.05, 0.1) is 24.3 Å². The van der Waals surface area contributed by atoms with Gasteiger partial charge in [0.1, 0.15) is 66.1 Å². The second-order valence-electron chi connectivity index (χ2n) is 10.4. The predicted molar refractivity (Wildman–Crippen MR) is 135 cm³/mol. The van der Waals surface area contributed by atoms with Crippen molar-refractivity contribution < 1.29 is 74.5 Å². The lowest BCUT2D eigenvalue weighted by Crippen LogP contribution is -2.62. The van der Waals surface area contributed by atoms with Gasteiger partial charge in [0.15, 0.2) is 12.1 Å².